The van der Waals surface area contributed by atoms with Gasteiger partial charge in [-0.05, 0) is 71.0 Å². The lowest BCUT2D eigenvalue weighted by molar-refractivity contribution is -0.0887. The first kappa shape index (κ1) is 25.3. The van der Waals surface area contributed by atoms with Gasteiger partial charge >= 0.3 is 0 Å². The number of methoxy groups -OCH3 is 2. The number of nitrogens with zero attached hydrogens (tertiary/aromatic N) is 2. The van der Waals surface area contributed by atoms with Crippen LogP contribution in [0.5, 0.6) is 11.5 Å². The second-order valence-electron chi connectivity index (χ2n) is 10.0. The van der Waals surface area contributed by atoms with E-state index in [1.165, 1.54) is 11.1 Å². The molecule has 1 aliphatic heterocycles. The summed E-state index contributed by atoms with van der Waals surface area (Å²) in [6.45, 7) is 6.89. The summed E-state index contributed by atoms with van der Waals surface area (Å²) in [5, 5.41) is 0. The SMILES string of the molecule is COc1ccc(C(CCN=CC2(CN(C)C)CCOC(C)(C)C2)c2ccccc2OC)cc1. The molecule has 0 spiro atoms. The Hall–Kier alpha value is -2.37. The molecule has 5 nitrogen and oxygen atoms in total. The number of hydrogen-bond donors (Lipinski definition) is 0. The monoisotopic (exact) mass is 452 g/mol. The number of aliphatic imine (C=N–C) groups is 1. The lowest BCUT2D eigenvalue weighted by Gasteiger charge is -2.44. The summed E-state index contributed by atoms with van der Waals surface area (Å²) in [5.74, 6) is 1.97. The highest BCUT2D eigenvalue weighted by Gasteiger charge is 2.40. The lowest BCUT2D eigenvalue weighted by atomic mass is 9.74. The van der Waals surface area contributed by atoms with Crippen LogP contribution in [0.15, 0.2) is 53.5 Å². The molecule has 3 rings (SSSR count). The highest BCUT2D eigenvalue weighted by atomic mass is 16.5. The molecule has 1 fully saturated rings. The van der Waals surface area contributed by atoms with Crippen molar-refractivity contribution in [2.45, 2.75) is 44.6 Å². The first-order valence-corrected chi connectivity index (χ1v) is 11.8. The second kappa shape index (κ2) is 11.2. The summed E-state index contributed by atoms with van der Waals surface area (Å²) >= 11 is 0. The summed E-state index contributed by atoms with van der Waals surface area (Å²) in [6.07, 6.45) is 5.12. The molecule has 1 saturated heterocycles. The predicted molar refractivity (Wildman–Crippen MR) is 136 cm³/mol. The standard InChI is InChI=1S/C28H40N2O3/c1-27(2)19-28(16-18-33-27,21-30(3)4)20-29-17-15-24(22-11-13-23(31-5)14-12-22)25-9-7-8-10-26(25)32-6/h7-14,20,24H,15-19,21H2,1-6H3. The molecule has 2 atom stereocenters. The maximum atomic E-state index is 6.00. The number of para-hydroxylation sites is 1. The summed E-state index contributed by atoms with van der Waals surface area (Å²) in [4.78, 5) is 7.26. The van der Waals surface area contributed by atoms with Crippen LogP contribution in [0, 0.1) is 5.41 Å². The van der Waals surface area contributed by atoms with Crippen LogP contribution in [0.4, 0.5) is 0 Å². The molecule has 0 radical (unpaired) electrons. The van der Waals surface area contributed by atoms with Crippen LogP contribution in [0.1, 0.15) is 50.2 Å². The number of hydrogen-bond acceptors (Lipinski definition) is 5. The smallest absolute Gasteiger partial charge is 0.122 e. The molecule has 2 aromatic rings. The van der Waals surface area contributed by atoms with E-state index in [0.29, 0.717) is 0 Å². The van der Waals surface area contributed by atoms with Crippen LogP contribution in [0.3, 0.4) is 0 Å². The molecule has 0 aromatic heterocycles. The van der Waals surface area contributed by atoms with Crippen LogP contribution >= 0.6 is 0 Å². The Bertz CT molecular complexity index is 908. The van der Waals surface area contributed by atoms with E-state index in [9.17, 15) is 0 Å². The van der Waals surface area contributed by atoms with Gasteiger partial charge in [0.2, 0.25) is 0 Å². The van der Waals surface area contributed by atoms with Gasteiger partial charge in [-0.15, -0.1) is 0 Å². The van der Waals surface area contributed by atoms with Gasteiger partial charge in [0.05, 0.1) is 19.8 Å². The quantitative estimate of drug-likeness (QED) is 0.451. The molecule has 0 N–H and O–H groups in total. The maximum Gasteiger partial charge on any atom is 0.122 e. The third-order valence-corrected chi connectivity index (χ3v) is 6.45. The van der Waals surface area contributed by atoms with Crippen molar-refractivity contribution in [1.82, 2.24) is 4.90 Å². The number of rotatable bonds is 10. The van der Waals surface area contributed by atoms with E-state index in [2.05, 4.69) is 63.3 Å². The first-order chi connectivity index (χ1) is 15.8. The molecule has 2 unspecified atom stereocenters. The zero-order chi connectivity index (χ0) is 23.9. The van der Waals surface area contributed by atoms with Gasteiger partial charge in [0.25, 0.3) is 0 Å². The van der Waals surface area contributed by atoms with Crippen molar-refractivity contribution in [2.24, 2.45) is 10.4 Å². The van der Waals surface area contributed by atoms with Gasteiger partial charge in [0.15, 0.2) is 0 Å². The van der Waals surface area contributed by atoms with Crippen molar-refractivity contribution < 1.29 is 14.2 Å². The molecule has 2 aromatic carbocycles. The molecule has 33 heavy (non-hydrogen) atoms. The van der Waals surface area contributed by atoms with E-state index < -0.39 is 0 Å². The van der Waals surface area contributed by atoms with Crippen LogP contribution in [0.2, 0.25) is 0 Å². The first-order valence-electron chi connectivity index (χ1n) is 11.8. The largest absolute Gasteiger partial charge is 0.497 e. The molecule has 0 saturated carbocycles. The molecular weight excluding hydrogens is 412 g/mol. The van der Waals surface area contributed by atoms with Crippen LogP contribution in [-0.2, 0) is 4.74 Å². The Morgan fingerprint density at radius 1 is 1.06 bits per heavy atom. The summed E-state index contributed by atoms with van der Waals surface area (Å²) in [6, 6.07) is 16.6. The summed E-state index contributed by atoms with van der Waals surface area (Å²) < 4.78 is 17.1. The van der Waals surface area contributed by atoms with Gasteiger partial charge < -0.3 is 19.1 Å². The van der Waals surface area contributed by atoms with E-state index in [1.807, 2.05) is 24.3 Å². The number of benzene rings is 2. The Balaban J connectivity index is 1.81. The number of ether oxygens (including phenoxy) is 3. The molecule has 1 aliphatic rings. The molecule has 1 heterocycles. The summed E-state index contributed by atoms with van der Waals surface area (Å²) in [5.41, 5.74) is 2.36. The Morgan fingerprint density at radius 3 is 2.42 bits per heavy atom. The van der Waals surface area contributed by atoms with Gasteiger partial charge in [0, 0.05) is 42.8 Å². The van der Waals surface area contributed by atoms with Crippen molar-refractivity contribution in [3.05, 3.63) is 59.7 Å². The highest BCUT2D eigenvalue weighted by Crippen LogP contribution is 2.39. The van der Waals surface area contributed by atoms with Crippen molar-refractivity contribution in [3.63, 3.8) is 0 Å². The third-order valence-electron chi connectivity index (χ3n) is 6.45. The van der Waals surface area contributed by atoms with Crippen LogP contribution < -0.4 is 9.47 Å². The zero-order valence-electron chi connectivity index (χ0n) is 21.1. The molecule has 180 valence electrons. The van der Waals surface area contributed by atoms with Gasteiger partial charge in [-0.2, -0.15) is 0 Å². The third kappa shape index (κ3) is 6.81. The molecule has 5 heteroatoms. The fourth-order valence-corrected chi connectivity index (χ4v) is 5.19. The minimum Gasteiger partial charge on any atom is -0.497 e. The van der Waals surface area contributed by atoms with Gasteiger partial charge in [0.1, 0.15) is 11.5 Å². The van der Waals surface area contributed by atoms with Crippen LogP contribution in [0.25, 0.3) is 0 Å². The van der Waals surface area contributed by atoms with E-state index in [4.69, 9.17) is 19.2 Å². The van der Waals surface area contributed by atoms with Gasteiger partial charge in [-0.1, -0.05) is 30.3 Å². The normalized spacial score (nSPS) is 21.3. The minimum absolute atomic E-state index is 0.0469. The fourth-order valence-electron chi connectivity index (χ4n) is 5.19. The average molecular weight is 453 g/mol. The highest BCUT2D eigenvalue weighted by molar-refractivity contribution is 5.66. The molecule has 0 amide bonds. The topological polar surface area (TPSA) is 43.3 Å². The molecule has 0 aliphatic carbocycles. The summed E-state index contributed by atoms with van der Waals surface area (Å²) in [7, 11) is 7.71. The van der Waals surface area contributed by atoms with Gasteiger partial charge in [-0.3, -0.25) is 4.99 Å². The van der Waals surface area contributed by atoms with Crippen molar-refractivity contribution in [2.75, 3.05) is 48.0 Å². The zero-order valence-corrected chi connectivity index (χ0v) is 21.1. The lowest BCUT2D eigenvalue weighted by Crippen LogP contribution is -2.47. The van der Waals surface area contributed by atoms with Crippen LogP contribution in [-0.4, -0.2) is 64.7 Å². The average Bonchev–Trinajstić information content (AvgIpc) is 2.78. The van der Waals surface area contributed by atoms with E-state index in [0.717, 1.165) is 50.5 Å². The Labute approximate surface area is 199 Å². The molecular formula is C28H40N2O3. The molecule has 0 bridgehead atoms. The Kier molecular flexibility index (Phi) is 8.55. The maximum absolute atomic E-state index is 6.00. The van der Waals surface area contributed by atoms with Crippen molar-refractivity contribution in [3.8, 4) is 11.5 Å². The predicted octanol–water partition coefficient (Wildman–Crippen LogP) is 5.43. The Morgan fingerprint density at radius 2 is 1.79 bits per heavy atom. The van der Waals surface area contributed by atoms with E-state index in [-0.39, 0.29) is 16.9 Å². The van der Waals surface area contributed by atoms with Crippen molar-refractivity contribution >= 4 is 6.21 Å². The van der Waals surface area contributed by atoms with Gasteiger partial charge in [-0.25, -0.2) is 0 Å². The van der Waals surface area contributed by atoms with E-state index >= 15 is 0 Å². The van der Waals surface area contributed by atoms with Crippen molar-refractivity contribution in [1.29, 1.82) is 0 Å². The fraction of sp³-hybridized carbons (Fsp3) is 0.536. The van der Waals surface area contributed by atoms with E-state index in [1.54, 1.807) is 14.2 Å². The minimum atomic E-state index is -0.122. The second-order valence-corrected chi connectivity index (χ2v) is 10.0.